The normalized spacial score (nSPS) is 16.5. The van der Waals surface area contributed by atoms with E-state index in [1.165, 1.54) is 31.3 Å². The van der Waals surface area contributed by atoms with E-state index in [2.05, 4.69) is 37.1 Å². The maximum atomic E-state index is 14.6. The van der Waals surface area contributed by atoms with Gasteiger partial charge in [0.2, 0.25) is 0 Å². The molecular formula is C24H23FN6O. The van der Waals surface area contributed by atoms with E-state index >= 15 is 0 Å². The van der Waals surface area contributed by atoms with Crippen molar-refractivity contribution in [2.45, 2.75) is 32.4 Å². The first-order valence-corrected chi connectivity index (χ1v) is 10.7. The summed E-state index contributed by atoms with van der Waals surface area (Å²) in [5.41, 5.74) is 3.40. The molecule has 0 unspecified atom stereocenters. The van der Waals surface area contributed by atoms with Gasteiger partial charge in [0.1, 0.15) is 18.0 Å². The van der Waals surface area contributed by atoms with E-state index in [-0.39, 0.29) is 5.56 Å². The number of rotatable bonds is 5. The molecule has 0 spiro atoms. The van der Waals surface area contributed by atoms with Crippen molar-refractivity contribution >= 4 is 22.6 Å². The smallest absolute Gasteiger partial charge is 0.258 e. The van der Waals surface area contributed by atoms with Crippen molar-refractivity contribution in [3.05, 3.63) is 72.2 Å². The minimum Gasteiger partial charge on any atom is -0.341 e. The maximum Gasteiger partial charge on any atom is 0.258 e. The molecule has 2 N–H and O–H groups in total. The summed E-state index contributed by atoms with van der Waals surface area (Å²) in [6, 6.07) is 12.1. The molecular weight excluding hydrogens is 407 g/mol. The quantitative estimate of drug-likeness (QED) is 0.490. The zero-order valence-corrected chi connectivity index (χ0v) is 17.7. The molecule has 5 rings (SSSR count). The molecule has 1 aliphatic rings. The van der Waals surface area contributed by atoms with Crippen LogP contribution in [0.15, 0.2) is 55.0 Å². The van der Waals surface area contributed by atoms with Gasteiger partial charge in [0.05, 0.1) is 28.8 Å². The van der Waals surface area contributed by atoms with Crippen LogP contribution in [0, 0.1) is 5.82 Å². The molecule has 2 aromatic heterocycles. The lowest BCUT2D eigenvalue weighted by Gasteiger charge is -2.19. The summed E-state index contributed by atoms with van der Waals surface area (Å²) in [5, 5.41) is 2.78. The molecule has 0 saturated carbocycles. The van der Waals surface area contributed by atoms with E-state index in [1.54, 1.807) is 24.4 Å². The van der Waals surface area contributed by atoms with Crippen LogP contribution in [0.4, 0.5) is 10.1 Å². The average molecular weight is 430 g/mol. The Morgan fingerprint density at radius 2 is 2.16 bits per heavy atom. The molecule has 1 fully saturated rings. The predicted octanol–water partition coefficient (Wildman–Crippen LogP) is 4.40. The molecule has 8 heteroatoms. The Morgan fingerprint density at radius 3 is 2.91 bits per heavy atom. The molecule has 1 aliphatic heterocycles. The molecule has 0 bridgehead atoms. The lowest BCUT2D eigenvalue weighted by atomic mass is 10.1. The number of H-pyrrole nitrogens is 1. The van der Waals surface area contributed by atoms with Crippen LogP contribution in [0.2, 0.25) is 0 Å². The number of fused-ring (bicyclic) bond motifs is 1. The van der Waals surface area contributed by atoms with Gasteiger partial charge in [0.15, 0.2) is 0 Å². The van der Waals surface area contributed by atoms with E-state index in [9.17, 15) is 9.18 Å². The second-order valence-corrected chi connectivity index (χ2v) is 8.12. The van der Waals surface area contributed by atoms with Crippen LogP contribution < -0.4 is 5.32 Å². The largest absolute Gasteiger partial charge is 0.341 e. The van der Waals surface area contributed by atoms with Crippen LogP contribution in [0.25, 0.3) is 22.3 Å². The van der Waals surface area contributed by atoms with Crippen molar-refractivity contribution in [2.75, 3.05) is 11.9 Å². The van der Waals surface area contributed by atoms with Crippen molar-refractivity contribution in [3.63, 3.8) is 0 Å². The average Bonchev–Trinajstić information content (AvgIpc) is 3.39. The molecule has 7 nitrogen and oxygen atoms in total. The lowest BCUT2D eigenvalue weighted by molar-refractivity contribution is 0.102. The number of carbonyl (C=O) groups is 1. The summed E-state index contributed by atoms with van der Waals surface area (Å²) in [4.78, 5) is 31.1. The van der Waals surface area contributed by atoms with Gasteiger partial charge in [-0.2, -0.15) is 0 Å². The number of aromatic amines is 1. The predicted molar refractivity (Wildman–Crippen MR) is 121 cm³/mol. The third-order valence-corrected chi connectivity index (χ3v) is 5.92. The van der Waals surface area contributed by atoms with E-state index < -0.39 is 11.7 Å². The van der Waals surface area contributed by atoms with Gasteiger partial charge in [-0.25, -0.2) is 19.3 Å². The highest BCUT2D eigenvalue weighted by atomic mass is 19.1. The number of carbonyl (C=O) groups excluding carboxylic acids is 1. The van der Waals surface area contributed by atoms with Gasteiger partial charge in [0, 0.05) is 23.5 Å². The first kappa shape index (κ1) is 20.3. The first-order valence-electron chi connectivity index (χ1n) is 10.7. The molecule has 1 amide bonds. The lowest BCUT2D eigenvalue weighted by Crippen LogP contribution is -2.26. The number of imidazole rings is 1. The SMILES string of the molecule is C[C@H]1CCCN1Cc1nc2ccc(NC(=O)c3ccc(-c4ccncn4)cc3F)cc2[nH]1. The summed E-state index contributed by atoms with van der Waals surface area (Å²) < 4.78 is 14.6. The fraction of sp³-hybridized carbons (Fsp3) is 0.250. The fourth-order valence-electron chi connectivity index (χ4n) is 4.15. The summed E-state index contributed by atoms with van der Waals surface area (Å²) in [7, 11) is 0. The van der Waals surface area contributed by atoms with Gasteiger partial charge in [-0.15, -0.1) is 0 Å². The highest BCUT2D eigenvalue weighted by molar-refractivity contribution is 6.05. The summed E-state index contributed by atoms with van der Waals surface area (Å²) in [5.74, 6) is -0.214. The van der Waals surface area contributed by atoms with Crippen LogP contribution in [-0.2, 0) is 6.54 Å². The number of nitrogens with zero attached hydrogens (tertiary/aromatic N) is 4. The van der Waals surface area contributed by atoms with Gasteiger partial charge in [-0.3, -0.25) is 9.69 Å². The molecule has 0 radical (unpaired) electrons. The van der Waals surface area contributed by atoms with Gasteiger partial charge in [-0.05, 0) is 62.7 Å². The van der Waals surface area contributed by atoms with Crippen LogP contribution in [-0.4, -0.2) is 43.3 Å². The molecule has 1 atom stereocenters. The zero-order chi connectivity index (χ0) is 22.1. The second-order valence-electron chi connectivity index (χ2n) is 8.12. The van der Waals surface area contributed by atoms with E-state index in [0.29, 0.717) is 23.0 Å². The Morgan fingerprint density at radius 1 is 1.25 bits per heavy atom. The Hall–Kier alpha value is -3.65. The second kappa shape index (κ2) is 8.47. The number of halogens is 1. The number of hydrogen-bond donors (Lipinski definition) is 2. The van der Waals surface area contributed by atoms with Crippen LogP contribution in [0.3, 0.4) is 0 Å². The molecule has 0 aliphatic carbocycles. The van der Waals surface area contributed by atoms with Crippen LogP contribution in [0.5, 0.6) is 0 Å². The zero-order valence-electron chi connectivity index (χ0n) is 17.7. The number of benzene rings is 2. The fourth-order valence-corrected chi connectivity index (χ4v) is 4.15. The van der Waals surface area contributed by atoms with E-state index in [4.69, 9.17) is 0 Å². The van der Waals surface area contributed by atoms with E-state index in [0.717, 1.165) is 29.9 Å². The highest BCUT2D eigenvalue weighted by Crippen LogP contribution is 2.23. The summed E-state index contributed by atoms with van der Waals surface area (Å²) in [6.45, 7) is 4.10. The molecule has 3 heterocycles. The van der Waals surface area contributed by atoms with Crippen molar-refractivity contribution in [3.8, 4) is 11.3 Å². The van der Waals surface area contributed by atoms with Crippen molar-refractivity contribution in [2.24, 2.45) is 0 Å². The molecule has 1 saturated heterocycles. The first-order chi connectivity index (χ1) is 15.6. The van der Waals surface area contributed by atoms with Crippen molar-refractivity contribution in [1.29, 1.82) is 0 Å². The van der Waals surface area contributed by atoms with Gasteiger partial charge in [0.25, 0.3) is 5.91 Å². The monoisotopic (exact) mass is 430 g/mol. The number of hydrogen-bond acceptors (Lipinski definition) is 5. The van der Waals surface area contributed by atoms with Crippen LogP contribution in [0.1, 0.15) is 35.9 Å². The molecule has 32 heavy (non-hydrogen) atoms. The molecule has 162 valence electrons. The summed E-state index contributed by atoms with van der Waals surface area (Å²) in [6.07, 6.45) is 5.42. The number of amides is 1. The summed E-state index contributed by atoms with van der Waals surface area (Å²) >= 11 is 0. The number of likely N-dealkylation sites (tertiary alicyclic amines) is 1. The van der Waals surface area contributed by atoms with Crippen LogP contribution >= 0.6 is 0 Å². The van der Waals surface area contributed by atoms with Gasteiger partial charge >= 0.3 is 0 Å². The van der Waals surface area contributed by atoms with Crippen molar-refractivity contribution in [1.82, 2.24) is 24.8 Å². The van der Waals surface area contributed by atoms with Gasteiger partial charge in [-0.1, -0.05) is 6.07 Å². The standard InChI is InChI=1S/C24H23FN6O/c1-15-3-2-10-31(15)13-23-29-21-7-5-17(12-22(21)30-23)28-24(32)18-6-4-16(11-19(18)25)20-8-9-26-14-27-20/h4-9,11-12,14-15H,2-3,10,13H2,1H3,(H,28,32)(H,29,30)/t15-/m0/s1. The number of aromatic nitrogens is 4. The van der Waals surface area contributed by atoms with Crippen molar-refractivity contribution < 1.29 is 9.18 Å². The highest BCUT2D eigenvalue weighted by Gasteiger charge is 2.21. The minimum absolute atomic E-state index is 0.0313. The molecule has 4 aromatic rings. The molecule has 2 aromatic carbocycles. The third-order valence-electron chi connectivity index (χ3n) is 5.92. The Labute approximate surface area is 184 Å². The maximum absolute atomic E-state index is 14.6. The Kier molecular flexibility index (Phi) is 5.36. The topological polar surface area (TPSA) is 86.8 Å². The Bertz CT molecular complexity index is 1270. The minimum atomic E-state index is -0.608. The third kappa shape index (κ3) is 4.09. The number of nitrogens with one attached hydrogen (secondary N) is 2. The number of anilines is 1. The van der Waals surface area contributed by atoms with Gasteiger partial charge < -0.3 is 10.3 Å². The Balaban J connectivity index is 1.32. The van der Waals surface area contributed by atoms with E-state index in [1.807, 2.05) is 12.1 Å².